The lowest BCUT2D eigenvalue weighted by Crippen LogP contribution is -2.21. The fourth-order valence-electron chi connectivity index (χ4n) is 1.11. The lowest BCUT2D eigenvalue weighted by atomic mass is 10.1. The molecule has 1 rings (SSSR count). The van der Waals surface area contributed by atoms with Crippen LogP contribution in [-0.4, -0.2) is 22.5 Å². The van der Waals surface area contributed by atoms with Gasteiger partial charge in [-0.1, -0.05) is 13.8 Å². The summed E-state index contributed by atoms with van der Waals surface area (Å²) in [6, 6.07) is 1.30. The van der Waals surface area contributed by atoms with Crippen LogP contribution in [0.3, 0.4) is 0 Å². The molecule has 88 valence electrons. The molecule has 0 radical (unpaired) electrons. The molecule has 5 nitrogen and oxygen atoms in total. The van der Waals surface area contributed by atoms with Gasteiger partial charge < -0.3 is 14.8 Å². The molecule has 0 aliphatic rings. The van der Waals surface area contributed by atoms with Crippen LogP contribution < -0.4 is 10.3 Å². The minimum Gasteiger partial charge on any atom is -0.504 e. The summed E-state index contributed by atoms with van der Waals surface area (Å²) in [6.07, 6.45) is 2.03. The molecule has 1 heterocycles. The van der Waals surface area contributed by atoms with E-state index in [4.69, 9.17) is 4.74 Å². The number of rotatable bonds is 5. The second-order valence-corrected chi connectivity index (χ2v) is 3.59. The van der Waals surface area contributed by atoms with Crippen molar-refractivity contribution in [1.82, 2.24) is 4.98 Å². The van der Waals surface area contributed by atoms with Crippen molar-refractivity contribution in [2.24, 2.45) is 5.92 Å². The van der Waals surface area contributed by atoms with Crippen LogP contribution in [0, 0.1) is 5.92 Å². The second kappa shape index (κ2) is 5.34. The molecule has 2 N–H and O–H groups in total. The number of aromatic amines is 1. The Hall–Kier alpha value is -1.78. The quantitative estimate of drug-likeness (QED) is 0.785. The summed E-state index contributed by atoms with van der Waals surface area (Å²) in [4.78, 5) is 25.0. The van der Waals surface area contributed by atoms with E-state index in [1.165, 1.54) is 12.3 Å². The molecule has 1 unspecified atom stereocenters. The minimum atomic E-state index is -0.544. The topological polar surface area (TPSA) is 79.4 Å². The largest absolute Gasteiger partial charge is 0.504 e. The van der Waals surface area contributed by atoms with Crippen molar-refractivity contribution in [1.29, 1.82) is 0 Å². The summed E-state index contributed by atoms with van der Waals surface area (Å²) in [5, 5.41) is 9.34. The Labute approximate surface area is 93.1 Å². The highest BCUT2D eigenvalue weighted by Gasteiger charge is 2.14. The highest BCUT2D eigenvalue weighted by Crippen LogP contribution is 2.19. The summed E-state index contributed by atoms with van der Waals surface area (Å²) in [6.45, 7) is 3.49. The Morgan fingerprint density at radius 3 is 2.88 bits per heavy atom. The molecule has 0 spiro atoms. The predicted octanol–water partition coefficient (Wildman–Crippen LogP) is 1.07. The summed E-state index contributed by atoms with van der Waals surface area (Å²) < 4.78 is 5.01. The zero-order valence-corrected chi connectivity index (χ0v) is 9.32. The zero-order valence-electron chi connectivity index (χ0n) is 9.32. The second-order valence-electron chi connectivity index (χ2n) is 3.59. The van der Waals surface area contributed by atoms with Gasteiger partial charge in [0.1, 0.15) is 6.61 Å². The molecule has 5 heteroatoms. The van der Waals surface area contributed by atoms with Gasteiger partial charge in [-0.2, -0.15) is 0 Å². The van der Waals surface area contributed by atoms with E-state index in [1.807, 2.05) is 6.92 Å². The first kappa shape index (κ1) is 12.3. The van der Waals surface area contributed by atoms with Crippen LogP contribution >= 0.6 is 0 Å². The molecule has 1 aromatic heterocycles. The van der Waals surface area contributed by atoms with Crippen molar-refractivity contribution in [2.45, 2.75) is 20.3 Å². The Kier molecular flexibility index (Phi) is 4.10. The molecule has 0 aliphatic carbocycles. The number of nitrogens with one attached hydrogen (secondary N) is 1. The van der Waals surface area contributed by atoms with Crippen molar-refractivity contribution in [3.05, 3.63) is 22.6 Å². The molecule has 0 saturated heterocycles. The van der Waals surface area contributed by atoms with Crippen LogP contribution in [0.5, 0.6) is 11.5 Å². The van der Waals surface area contributed by atoms with Crippen molar-refractivity contribution in [3.63, 3.8) is 0 Å². The lowest BCUT2D eigenvalue weighted by Gasteiger charge is -2.09. The number of ether oxygens (including phenoxy) is 1. The van der Waals surface area contributed by atoms with E-state index in [9.17, 15) is 14.7 Å². The summed E-state index contributed by atoms with van der Waals surface area (Å²) in [5.74, 6) is -0.671. The number of aromatic hydroxyl groups is 1. The average Bonchev–Trinajstić information content (AvgIpc) is 2.27. The van der Waals surface area contributed by atoms with E-state index in [2.05, 4.69) is 4.98 Å². The van der Waals surface area contributed by atoms with Gasteiger partial charge in [-0.3, -0.25) is 9.59 Å². The molecular formula is C11H15NO4. The summed E-state index contributed by atoms with van der Waals surface area (Å²) >= 11 is 0. The Morgan fingerprint density at radius 1 is 1.62 bits per heavy atom. The number of ketones is 1. The summed E-state index contributed by atoms with van der Waals surface area (Å²) in [7, 11) is 0. The van der Waals surface area contributed by atoms with E-state index in [0.717, 1.165) is 6.42 Å². The molecule has 1 atom stereocenters. The van der Waals surface area contributed by atoms with Crippen LogP contribution in [0.2, 0.25) is 0 Å². The third kappa shape index (κ3) is 2.85. The van der Waals surface area contributed by atoms with Gasteiger partial charge in [0.05, 0.1) is 0 Å². The number of hydrogen-bond donors (Lipinski definition) is 2. The maximum atomic E-state index is 11.5. The molecule has 0 bridgehead atoms. The van der Waals surface area contributed by atoms with Crippen LogP contribution in [0.25, 0.3) is 0 Å². The van der Waals surface area contributed by atoms with Gasteiger partial charge in [-0.25, -0.2) is 0 Å². The fraction of sp³-hybridized carbons (Fsp3) is 0.455. The molecule has 0 aromatic carbocycles. The van der Waals surface area contributed by atoms with Gasteiger partial charge in [0.2, 0.25) is 5.75 Å². The number of pyridine rings is 1. The van der Waals surface area contributed by atoms with Gasteiger partial charge >= 0.3 is 0 Å². The Morgan fingerprint density at radius 2 is 2.31 bits per heavy atom. The van der Waals surface area contributed by atoms with Crippen molar-refractivity contribution in [2.75, 3.05) is 6.61 Å². The molecule has 0 amide bonds. The van der Waals surface area contributed by atoms with Crippen molar-refractivity contribution >= 4 is 5.78 Å². The highest BCUT2D eigenvalue weighted by atomic mass is 16.5. The van der Waals surface area contributed by atoms with Crippen LogP contribution in [-0.2, 0) is 4.79 Å². The Bertz CT molecular complexity index is 424. The molecular weight excluding hydrogens is 210 g/mol. The number of H-pyrrole nitrogens is 1. The lowest BCUT2D eigenvalue weighted by molar-refractivity contribution is -0.124. The van der Waals surface area contributed by atoms with Crippen molar-refractivity contribution < 1.29 is 14.6 Å². The van der Waals surface area contributed by atoms with Gasteiger partial charge in [-0.15, -0.1) is 0 Å². The van der Waals surface area contributed by atoms with Crippen LogP contribution in [0.4, 0.5) is 0 Å². The van der Waals surface area contributed by atoms with Crippen LogP contribution in [0.15, 0.2) is 17.1 Å². The van der Waals surface area contributed by atoms with Gasteiger partial charge in [0, 0.05) is 18.2 Å². The first-order valence-corrected chi connectivity index (χ1v) is 5.12. The predicted molar refractivity (Wildman–Crippen MR) is 58.7 cm³/mol. The third-order valence-corrected chi connectivity index (χ3v) is 2.42. The maximum absolute atomic E-state index is 11.5. The minimum absolute atomic E-state index is 0.0925. The first-order valence-electron chi connectivity index (χ1n) is 5.12. The monoisotopic (exact) mass is 225 g/mol. The SMILES string of the molecule is CCC(C)C(=O)COc1c(O)cc[nH]c1=O. The highest BCUT2D eigenvalue weighted by molar-refractivity contribution is 5.82. The van der Waals surface area contributed by atoms with Gasteiger partial charge in [0.15, 0.2) is 11.5 Å². The average molecular weight is 225 g/mol. The van der Waals surface area contributed by atoms with E-state index < -0.39 is 5.56 Å². The standard InChI is InChI=1S/C11H15NO4/c1-3-7(2)9(14)6-16-10-8(13)4-5-12-11(10)15/h4-5,7H,3,6H2,1-2H3,(H2,12,13,15). The first-order chi connectivity index (χ1) is 7.56. The number of hydrogen-bond acceptors (Lipinski definition) is 4. The van der Waals surface area contributed by atoms with Crippen LogP contribution in [0.1, 0.15) is 20.3 Å². The molecule has 1 aromatic rings. The zero-order chi connectivity index (χ0) is 12.1. The van der Waals surface area contributed by atoms with Gasteiger partial charge in [0.25, 0.3) is 5.56 Å². The smallest absolute Gasteiger partial charge is 0.294 e. The number of carbonyl (C=O) groups excluding carboxylic acids is 1. The molecule has 0 aliphatic heterocycles. The number of Topliss-reactive ketones (excluding diaryl/α,β-unsaturated/α-hetero) is 1. The Balaban J connectivity index is 2.69. The fourth-order valence-corrected chi connectivity index (χ4v) is 1.11. The molecule has 0 saturated carbocycles. The number of aromatic nitrogens is 1. The molecule has 16 heavy (non-hydrogen) atoms. The third-order valence-electron chi connectivity index (χ3n) is 2.42. The molecule has 0 fully saturated rings. The van der Waals surface area contributed by atoms with Crippen molar-refractivity contribution in [3.8, 4) is 11.5 Å². The van der Waals surface area contributed by atoms with E-state index >= 15 is 0 Å². The van der Waals surface area contributed by atoms with E-state index in [0.29, 0.717) is 0 Å². The number of carbonyl (C=O) groups is 1. The maximum Gasteiger partial charge on any atom is 0.294 e. The van der Waals surface area contributed by atoms with Gasteiger partial charge in [-0.05, 0) is 6.42 Å². The van der Waals surface area contributed by atoms with E-state index in [1.54, 1.807) is 6.92 Å². The van der Waals surface area contributed by atoms with E-state index in [-0.39, 0.29) is 29.8 Å². The normalized spacial score (nSPS) is 12.1. The summed E-state index contributed by atoms with van der Waals surface area (Å²) in [5.41, 5.74) is -0.544.